The van der Waals surface area contributed by atoms with Crippen LogP contribution in [0.4, 0.5) is 45.5 Å². The number of nitrogens with zero attached hydrogens (tertiary/aromatic N) is 4. The molecule has 11 rings (SSSR count). The molecule has 0 heterocycles. The quantitative estimate of drug-likeness (QED) is 0.0501. The van der Waals surface area contributed by atoms with Crippen molar-refractivity contribution in [2.24, 2.45) is 0 Å². The predicted molar refractivity (Wildman–Crippen MR) is 368 cm³/mol. The van der Waals surface area contributed by atoms with E-state index in [-0.39, 0.29) is 0 Å². The fraction of sp³-hybridized carbons (Fsp3) is 0.210. The zero-order valence-electron chi connectivity index (χ0n) is 50.3. The molecular weight excluding hydrogens is 1030 g/mol. The standard InChI is InChI=1S/C81H82N4/c1-5-9-57-82(58-10-6-2)69-47-37-63(38-48-69)33-35-65-41-55-77-78-56-42-66(36-34-64-39-49-70(50-40-64)83(59-11-7-3)60-12-8-4)62-80(78)81(79(77)61-65,67-43-51-75(52-44-67)84(71-25-17-13-18-26-71)72-27-19-14-20-28-72)68-45-53-76(54-46-68)85(73-29-21-15-22-30-73)74-31-23-16-24-32-74/h13-56,61-62H,5-12,57-60H2,1-4H3/b35-33+,36-34+. The highest BCUT2D eigenvalue weighted by Gasteiger charge is 2.46. The maximum atomic E-state index is 2.56. The van der Waals surface area contributed by atoms with E-state index in [2.05, 4.69) is 326 Å². The molecule has 0 spiro atoms. The first-order chi connectivity index (χ1) is 42.0. The van der Waals surface area contributed by atoms with Gasteiger partial charge >= 0.3 is 0 Å². The second-order valence-corrected chi connectivity index (χ2v) is 22.7. The van der Waals surface area contributed by atoms with E-state index >= 15 is 0 Å². The zero-order valence-corrected chi connectivity index (χ0v) is 50.3. The Hall–Kier alpha value is -9.12. The molecule has 0 aromatic heterocycles. The molecule has 0 unspecified atom stereocenters. The second-order valence-electron chi connectivity index (χ2n) is 22.7. The van der Waals surface area contributed by atoms with E-state index in [1.165, 1.54) is 107 Å². The molecule has 10 aromatic carbocycles. The normalized spacial score (nSPS) is 12.3. The van der Waals surface area contributed by atoms with Gasteiger partial charge in [-0.2, -0.15) is 0 Å². The lowest BCUT2D eigenvalue weighted by molar-refractivity contribution is 0.678. The van der Waals surface area contributed by atoms with E-state index in [0.29, 0.717) is 0 Å². The molecule has 4 nitrogen and oxygen atoms in total. The van der Waals surface area contributed by atoms with Gasteiger partial charge in [0.15, 0.2) is 0 Å². The summed E-state index contributed by atoms with van der Waals surface area (Å²) in [4.78, 5) is 9.84. The van der Waals surface area contributed by atoms with Gasteiger partial charge in [0.2, 0.25) is 0 Å². The van der Waals surface area contributed by atoms with Gasteiger partial charge in [0.25, 0.3) is 0 Å². The molecule has 0 radical (unpaired) electrons. The fourth-order valence-electron chi connectivity index (χ4n) is 12.4. The van der Waals surface area contributed by atoms with E-state index in [9.17, 15) is 0 Å². The van der Waals surface area contributed by atoms with E-state index in [0.717, 1.165) is 71.4 Å². The van der Waals surface area contributed by atoms with Gasteiger partial charge in [-0.25, -0.2) is 0 Å². The van der Waals surface area contributed by atoms with Crippen LogP contribution < -0.4 is 19.6 Å². The topological polar surface area (TPSA) is 13.0 Å². The second kappa shape index (κ2) is 28.0. The van der Waals surface area contributed by atoms with Gasteiger partial charge in [-0.3, -0.25) is 0 Å². The Morgan fingerprint density at radius 3 is 0.824 bits per heavy atom. The molecule has 0 saturated heterocycles. The Morgan fingerprint density at radius 1 is 0.271 bits per heavy atom. The third kappa shape index (κ3) is 13.0. The SMILES string of the molecule is CCCCN(CCCC)c1ccc(/C=C/c2ccc3c(c2)C(c2ccc(N(c4ccccc4)c4ccccc4)cc2)(c2ccc(N(c4ccccc4)c4ccccc4)cc2)c2cc(/C=C/c4ccc(N(CCCC)CCCC)cc4)ccc2-3)cc1. The number of para-hydroxylation sites is 4. The smallest absolute Gasteiger partial charge is 0.0714 e. The minimum absolute atomic E-state index is 0.714. The summed E-state index contributed by atoms with van der Waals surface area (Å²) in [5.41, 5.74) is 20.6. The minimum atomic E-state index is -0.714. The van der Waals surface area contributed by atoms with Crippen LogP contribution in [0.25, 0.3) is 35.4 Å². The van der Waals surface area contributed by atoms with Crippen molar-refractivity contribution < 1.29 is 0 Å². The number of benzene rings is 10. The largest absolute Gasteiger partial charge is 0.372 e. The molecule has 1 aliphatic rings. The van der Waals surface area contributed by atoms with Crippen LogP contribution >= 0.6 is 0 Å². The van der Waals surface area contributed by atoms with E-state index in [1.54, 1.807) is 0 Å². The van der Waals surface area contributed by atoms with Crippen LogP contribution in [0.3, 0.4) is 0 Å². The Morgan fingerprint density at radius 2 is 0.529 bits per heavy atom. The molecule has 0 amide bonds. The minimum Gasteiger partial charge on any atom is -0.372 e. The molecule has 0 fully saturated rings. The van der Waals surface area contributed by atoms with Crippen molar-refractivity contribution in [1.82, 2.24) is 0 Å². The lowest BCUT2D eigenvalue weighted by atomic mass is 9.67. The molecule has 85 heavy (non-hydrogen) atoms. The number of hydrogen-bond acceptors (Lipinski definition) is 4. The van der Waals surface area contributed by atoms with Gasteiger partial charge in [0.05, 0.1) is 5.41 Å². The third-order valence-electron chi connectivity index (χ3n) is 16.9. The van der Waals surface area contributed by atoms with Crippen molar-refractivity contribution in [1.29, 1.82) is 0 Å². The molecule has 0 aliphatic heterocycles. The molecule has 10 aromatic rings. The van der Waals surface area contributed by atoms with E-state index in [1.807, 2.05) is 0 Å². The van der Waals surface area contributed by atoms with Gasteiger partial charge in [-0.15, -0.1) is 0 Å². The first-order valence-corrected chi connectivity index (χ1v) is 31.4. The van der Waals surface area contributed by atoms with Crippen LogP contribution in [0, 0.1) is 0 Å². The summed E-state index contributed by atoms with van der Waals surface area (Å²) in [5.74, 6) is 0. The first kappa shape index (κ1) is 57.7. The van der Waals surface area contributed by atoms with E-state index in [4.69, 9.17) is 0 Å². The van der Waals surface area contributed by atoms with Crippen molar-refractivity contribution in [3.63, 3.8) is 0 Å². The van der Waals surface area contributed by atoms with Gasteiger partial charge in [-0.05, 0) is 191 Å². The summed E-state index contributed by atoms with van der Waals surface area (Å²) in [6.45, 7) is 13.5. The lowest BCUT2D eigenvalue weighted by Crippen LogP contribution is -2.29. The van der Waals surface area contributed by atoms with Crippen LogP contribution in [-0.2, 0) is 5.41 Å². The molecule has 0 bridgehead atoms. The number of unbranched alkanes of at least 4 members (excludes halogenated alkanes) is 4. The van der Waals surface area contributed by atoms with Crippen molar-refractivity contribution >= 4 is 69.8 Å². The van der Waals surface area contributed by atoms with Gasteiger partial charge in [0, 0.05) is 71.7 Å². The lowest BCUT2D eigenvalue weighted by Gasteiger charge is -2.35. The Balaban J connectivity index is 1.07. The number of hydrogen-bond donors (Lipinski definition) is 0. The Bertz CT molecular complexity index is 3390. The van der Waals surface area contributed by atoms with Gasteiger partial charge in [-0.1, -0.05) is 223 Å². The maximum Gasteiger partial charge on any atom is 0.0714 e. The number of rotatable bonds is 26. The highest BCUT2D eigenvalue weighted by atomic mass is 15.2. The van der Waals surface area contributed by atoms with Crippen molar-refractivity contribution in [3.8, 4) is 11.1 Å². The molecule has 0 saturated carbocycles. The Kier molecular flexibility index (Phi) is 19.0. The summed E-state index contributed by atoms with van der Waals surface area (Å²) in [6.07, 6.45) is 18.8. The molecular formula is C81H82N4. The summed E-state index contributed by atoms with van der Waals surface area (Å²) in [5, 5.41) is 0. The molecule has 0 atom stereocenters. The first-order valence-electron chi connectivity index (χ1n) is 31.4. The van der Waals surface area contributed by atoms with Crippen LogP contribution in [-0.4, -0.2) is 26.2 Å². The number of fused-ring (bicyclic) bond motifs is 3. The Labute approximate surface area is 507 Å². The highest BCUT2D eigenvalue weighted by Crippen LogP contribution is 2.57. The van der Waals surface area contributed by atoms with Crippen molar-refractivity contribution in [3.05, 3.63) is 299 Å². The van der Waals surface area contributed by atoms with Gasteiger partial charge < -0.3 is 19.6 Å². The van der Waals surface area contributed by atoms with Crippen LogP contribution in [0.1, 0.15) is 124 Å². The molecule has 1 aliphatic carbocycles. The summed E-state index contributed by atoms with van der Waals surface area (Å²) >= 11 is 0. The summed E-state index contributed by atoms with van der Waals surface area (Å²) in [7, 11) is 0. The van der Waals surface area contributed by atoms with Crippen molar-refractivity contribution in [2.75, 3.05) is 45.8 Å². The third-order valence-corrected chi connectivity index (χ3v) is 16.9. The maximum absolute atomic E-state index is 2.56. The highest BCUT2D eigenvalue weighted by molar-refractivity contribution is 5.90. The zero-order chi connectivity index (χ0) is 58.2. The van der Waals surface area contributed by atoms with Crippen LogP contribution in [0.15, 0.2) is 255 Å². The van der Waals surface area contributed by atoms with E-state index < -0.39 is 5.41 Å². The van der Waals surface area contributed by atoms with Crippen molar-refractivity contribution in [2.45, 2.75) is 84.5 Å². The van der Waals surface area contributed by atoms with Crippen LogP contribution in [0.5, 0.6) is 0 Å². The van der Waals surface area contributed by atoms with Crippen LogP contribution in [0.2, 0.25) is 0 Å². The predicted octanol–water partition coefficient (Wildman–Crippen LogP) is 22.1. The molecule has 426 valence electrons. The fourth-order valence-corrected chi connectivity index (χ4v) is 12.4. The molecule has 0 N–H and O–H groups in total. The average molecular weight is 1110 g/mol. The average Bonchev–Trinajstić information content (AvgIpc) is 1.63. The summed E-state index contributed by atoms with van der Waals surface area (Å²) in [6, 6.07) is 94.5. The number of anilines is 8. The summed E-state index contributed by atoms with van der Waals surface area (Å²) < 4.78 is 0. The monoisotopic (exact) mass is 1110 g/mol. The molecule has 4 heteroatoms. The van der Waals surface area contributed by atoms with Gasteiger partial charge in [0.1, 0.15) is 0 Å².